The third-order valence-electron chi connectivity index (χ3n) is 2.87. The molecule has 1 rings (SSSR count). The lowest BCUT2D eigenvalue weighted by atomic mass is 9.83. The molecule has 0 aromatic carbocycles. The molecule has 0 bridgehead atoms. The Bertz CT molecular complexity index is 222. The molecule has 0 aliphatic heterocycles. The Morgan fingerprint density at radius 1 is 1.15 bits per heavy atom. The molecule has 0 aromatic rings. The van der Waals surface area contributed by atoms with E-state index in [9.17, 15) is 4.79 Å². The Labute approximate surface area is 79.6 Å². The van der Waals surface area contributed by atoms with E-state index in [1.807, 2.05) is 6.92 Å². The van der Waals surface area contributed by atoms with E-state index in [0.29, 0.717) is 5.57 Å². The van der Waals surface area contributed by atoms with Crippen molar-refractivity contribution in [3.63, 3.8) is 0 Å². The van der Waals surface area contributed by atoms with Crippen LogP contribution in [0.4, 0.5) is 0 Å². The van der Waals surface area contributed by atoms with Gasteiger partial charge in [0, 0.05) is 11.5 Å². The van der Waals surface area contributed by atoms with E-state index in [0.717, 1.165) is 18.4 Å². The van der Waals surface area contributed by atoms with Crippen LogP contribution in [0.1, 0.15) is 46.0 Å². The van der Waals surface area contributed by atoms with Crippen LogP contribution in [0, 0.1) is 5.92 Å². The van der Waals surface area contributed by atoms with Crippen molar-refractivity contribution in [2.75, 3.05) is 0 Å². The summed E-state index contributed by atoms with van der Waals surface area (Å²) in [5.41, 5.74) is 1.52. The van der Waals surface area contributed by atoms with Crippen LogP contribution in [-0.4, -0.2) is 11.1 Å². The van der Waals surface area contributed by atoms with Gasteiger partial charge in [0.15, 0.2) is 0 Å². The van der Waals surface area contributed by atoms with Crippen molar-refractivity contribution >= 4 is 5.97 Å². The normalized spacial score (nSPS) is 21.1. The van der Waals surface area contributed by atoms with Gasteiger partial charge in [-0.05, 0) is 26.7 Å². The van der Waals surface area contributed by atoms with Crippen LogP contribution in [-0.2, 0) is 4.79 Å². The topological polar surface area (TPSA) is 37.3 Å². The van der Waals surface area contributed by atoms with E-state index in [4.69, 9.17) is 5.11 Å². The zero-order valence-electron chi connectivity index (χ0n) is 8.39. The van der Waals surface area contributed by atoms with E-state index in [1.54, 1.807) is 6.92 Å². The first-order valence-electron chi connectivity index (χ1n) is 4.88. The molecule has 1 aliphatic carbocycles. The Balaban J connectivity index is 2.68. The minimum absolute atomic E-state index is 0.511. The van der Waals surface area contributed by atoms with Gasteiger partial charge in [-0.15, -0.1) is 0 Å². The van der Waals surface area contributed by atoms with Gasteiger partial charge in [0.25, 0.3) is 0 Å². The highest BCUT2D eigenvalue weighted by Gasteiger charge is 2.18. The predicted octanol–water partition coefficient (Wildman–Crippen LogP) is 2.95. The molecule has 73 valence electrons. The maximum Gasteiger partial charge on any atom is 0.331 e. The summed E-state index contributed by atoms with van der Waals surface area (Å²) in [7, 11) is 0. The van der Waals surface area contributed by atoms with Crippen LogP contribution in [0.3, 0.4) is 0 Å². The second-order valence-corrected chi connectivity index (χ2v) is 3.72. The fraction of sp³-hybridized carbons (Fsp3) is 0.636. The lowest BCUT2D eigenvalue weighted by molar-refractivity contribution is -0.132. The predicted molar refractivity (Wildman–Crippen MR) is 52.3 cm³/mol. The average Bonchev–Trinajstić information content (AvgIpc) is 2.17. The Kier molecular flexibility index (Phi) is 3.52. The molecule has 2 heteroatoms. The second-order valence-electron chi connectivity index (χ2n) is 3.72. The van der Waals surface area contributed by atoms with Crippen LogP contribution in [0.2, 0.25) is 0 Å². The first-order valence-corrected chi connectivity index (χ1v) is 4.88. The van der Waals surface area contributed by atoms with E-state index in [-0.39, 0.29) is 0 Å². The first kappa shape index (κ1) is 10.3. The number of hydrogen-bond donors (Lipinski definition) is 1. The zero-order valence-corrected chi connectivity index (χ0v) is 8.39. The Morgan fingerprint density at radius 2 is 1.69 bits per heavy atom. The Morgan fingerprint density at radius 3 is 2.15 bits per heavy atom. The molecule has 0 unspecified atom stereocenters. The van der Waals surface area contributed by atoms with Crippen LogP contribution in [0.5, 0.6) is 0 Å². The van der Waals surface area contributed by atoms with E-state index < -0.39 is 5.97 Å². The summed E-state index contributed by atoms with van der Waals surface area (Å²) in [4.78, 5) is 10.7. The minimum Gasteiger partial charge on any atom is -0.478 e. The summed E-state index contributed by atoms with van der Waals surface area (Å²) < 4.78 is 0. The van der Waals surface area contributed by atoms with Gasteiger partial charge in [-0.1, -0.05) is 24.8 Å². The van der Waals surface area contributed by atoms with Crippen LogP contribution in [0.15, 0.2) is 11.1 Å². The van der Waals surface area contributed by atoms with Crippen molar-refractivity contribution in [2.45, 2.75) is 46.0 Å². The summed E-state index contributed by atoms with van der Waals surface area (Å²) in [6, 6.07) is 0. The highest BCUT2D eigenvalue weighted by atomic mass is 16.4. The van der Waals surface area contributed by atoms with Crippen LogP contribution >= 0.6 is 0 Å². The van der Waals surface area contributed by atoms with Crippen molar-refractivity contribution in [1.82, 2.24) is 0 Å². The van der Waals surface area contributed by atoms with Gasteiger partial charge in [0.1, 0.15) is 0 Å². The molecule has 13 heavy (non-hydrogen) atoms. The number of hydrogen-bond acceptors (Lipinski definition) is 1. The van der Waals surface area contributed by atoms with Gasteiger partial charge < -0.3 is 5.11 Å². The monoisotopic (exact) mass is 181 g/mol. The number of carboxylic acid groups (broad SMARTS) is 1. The molecular weight excluding hydrogens is 164 g/mol. The van der Waals surface area contributed by atoms with Crippen molar-refractivity contribution in [1.29, 1.82) is 0 Å². The Hall–Kier alpha value is -0.790. The van der Waals surface area contributed by atoms with E-state index in [2.05, 4.69) is 0 Å². The third-order valence-corrected chi connectivity index (χ3v) is 2.87. The largest absolute Gasteiger partial charge is 0.478 e. The van der Waals surface area contributed by atoms with Gasteiger partial charge in [0.2, 0.25) is 0 Å². The lowest BCUT2D eigenvalue weighted by Crippen LogP contribution is -2.09. The molecule has 0 saturated heterocycles. The van der Waals surface area contributed by atoms with Gasteiger partial charge in [-0.2, -0.15) is 0 Å². The van der Waals surface area contributed by atoms with Crippen molar-refractivity contribution in [3.05, 3.63) is 17.1 Å². The molecule has 0 heterocycles. The standard InChI is InChI=1S/C11H17O2/c1-8(9(2)11(12)13)10-6-4-3-5-7-10/h3-7H2,1-2H3,(H,12,13). The molecule has 1 saturated carbocycles. The fourth-order valence-corrected chi connectivity index (χ4v) is 1.78. The maximum atomic E-state index is 10.7. The number of allylic oxidation sites excluding steroid dienone is 1. The van der Waals surface area contributed by atoms with Gasteiger partial charge in [-0.3, -0.25) is 0 Å². The number of aliphatic carboxylic acids is 1. The molecule has 0 amide bonds. The smallest absolute Gasteiger partial charge is 0.331 e. The van der Waals surface area contributed by atoms with Gasteiger partial charge in [0.05, 0.1) is 0 Å². The molecular formula is C11H17O2. The highest BCUT2D eigenvalue weighted by Crippen LogP contribution is 2.32. The number of rotatable bonds is 2. The second kappa shape index (κ2) is 4.45. The summed E-state index contributed by atoms with van der Waals surface area (Å²) in [6.07, 6.45) is 5.93. The van der Waals surface area contributed by atoms with E-state index >= 15 is 0 Å². The van der Waals surface area contributed by atoms with Gasteiger partial charge in [-0.25, -0.2) is 4.79 Å². The molecule has 1 fully saturated rings. The molecule has 0 aromatic heterocycles. The maximum absolute atomic E-state index is 10.7. The molecule has 0 spiro atoms. The van der Waals surface area contributed by atoms with Crippen LogP contribution < -0.4 is 0 Å². The van der Waals surface area contributed by atoms with Crippen LogP contribution in [0.25, 0.3) is 0 Å². The molecule has 2 nitrogen and oxygen atoms in total. The minimum atomic E-state index is -0.782. The molecule has 1 aliphatic rings. The van der Waals surface area contributed by atoms with Crippen molar-refractivity contribution in [3.8, 4) is 0 Å². The molecule has 1 N–H and O–H groups in total. The summed E-state index contributed by atoms with van der Waals surface area (Å²) in [5.74, 6) is 0.571. The fourth-order valence-electron chi connectivity index (χ4n) is 1.78. The number of carbonyl (C=O) groups is 1. The number of carboxylic acids is 1. The lowest BCUT2D eigenvalue weighted by Gasteiger charge is -2.22. The van der Waals surface area contributed by atoms with E-state index in [1.165, 1.54) is 25.2 Å². The average molecular weight is 181 g/mol. The quantitative estimate of drug-likeness (QED) is 0.665. The third kappa shape index (κ3) is 2.58. The summed E-state index contributed by atoms with van der Waals surface area (Å²) >= 11 is 0. The SMILES string of the molecule is CC([C]1CCCCC1)=C(C)C(=O)O. The molecule has 0 atom stereocenters. The summed E-state index contributed by atoms with van der Waals surface area (Å²) in [6.45, 7) is 3.63. The first-order chi connectivity index (χ1) is 6.13. The van der Waals surface area contributed by atoms with Crippen molar-refractivity contribution in [2.24, 2.45) is 0 Å². The van der Waals surface area contributed by atoms with Crippen molar-refractivity contribution < 1.29 is 9.90 Å². The molecule has 1 radical (unpaired) electrons. The van der Waals surface area contributed by atoms with Gasteiger partial charge >= 0.3 is 5.97 Å². The highest BCUT2D eigenvalue weighted by molar-refractivity contribution is 5.87. The summed E-state index contributed by atoms with van der Waals surface area (Å²) in [5, 5.41) is 8.81. The zero-order chi connectivity index (χ0) is 9.84.